The van der Waals surface area contributed by atoms with Gasteiger partial charge in [-0.15, -0.1) is 0 Å². The maximum atomic E-state index is 12.8. The van der Waals surface area contributed by atoms with Crippen molar-refractivity contribution in [1.29, 1.82) is 0 Å². The first-order valence-corrected chi connectivity index (χ1v) is 10.9. The Morgan fingerprint density at radius 2 is 1.75 bits per heavy atom. The number of sulfonamides is 1. The Bertz CT molecular complexity index is 920. The Morgan fingerprint density at radius 3 is 2.50 bits per heavy atom. The molecular formula is C21H25NO5S. The third-order valence-electron chi connectivity index (χ3n) is 4.60. The van der Waals surface area contributed by atoms with Crippen LogP contribution in [-0.2, 0) is 14.8 Å². The van der Waals surface area contributed by atoms with Crippen LogP contribution in [0, 0.1) is 6.92 Å². The van der Waals surface area contributed by atoms with Gasteiger partial charge in [-0.05, 0) is 55.7 Å². The number of rotatable bonds is 7. The first kappa shape index (κ1) is 20.4. The predicted octanol–water partition coefficient (Wildman–Crippen LogP) is 3.41. The van der Waals surface area contributed by atoms with Gasteiger partial charge in [0.25, 0.3) is 0 Å². The zero-order valence-corrected chi connectivity index (χ0v) is 16.8. The standard InChI is InChI=1S/C21H25NO5S/c1-17-7-5-9-19(15-17)26-13-14-27-21(23)18-8-6-10-20(16-18)28(24,25)22-11-3-2-4-12-22/h5-10,15-16H,2-4,11-14H2,1H3. The van der Waals surface area contributed by atoms with Crippen LogP contribution in [0.4, 0.5) is 0 Å². The summed E-state index contributed by atoms with van der Waals surface area (Å²) in [6.45, 7) is 3.31. The Morgan fingerprint density at radius 1 is 1.00 bits per heavy atom. The number of esters is 1. The molecule has 2 aromatic rings. The molecule has 0 aliphatic carbocycles. The highest BCUT2D eigenvalue weighted by Crippen LogP contribution is 2.21. The van der Waals surface area contributed by atoms with Crippen LogP contribution in [0.2, 0.25) is 0 Å². The van der Waals surface area contributed by atoms with Crippen LogP contribution in [-0.4, -0.2) is 45.0 Å². The van der Waals surface area contributed by atoms with Crippen molar-refractivity contribution in [3.8, 4) is 5.75 Å². The first-order valence-electron chi connectivity index (χ1n) is 9.43. The summed E-state index contributed by atoms with van der Waals surface area (Å²) in [7, 11) is -3.58. The van der Waals surface area contributed by atoms with Crippen molar-refractivity contribution in [2.45, 2.75) is 31.1 Å². The number of ether oxygens (including phenoxy) is 2. The van der Waals surface area contributed by atoms with Gasteiger partial charge in [-0.1, -0.05) is 24.6 Å². The molecule has 6 nitrogen and oxygen atoms in total. The van der Waals surface area contributed by atoms with Crippen molar-refractivity contribution in [3.05, 3.63) is 59.7 Å². The molecule has 0 radical (unpaired) electrons. The van der Waals surface area contributed by atoms with Crippen molar-refractivity contribution in [2.75, 3.05) is 26.3 Å². The number of carbonyl (C=O) groups is 1. The molecule has 1 aliphatic rings. The molecular weight excluding hydrogens is 378 g/mol. The van der Waals surface area contributed by atoms with Crippen molar-refractivity contribution < 1.29 is 22.7 Å². The predicted molar refractivity (Wildman–Crippen MR) is 106 cm³/mol. The van der Waals surface area contributed by atoms with E-state index in [2.05, 4.69) is 0 Å². The molecule has 0 unspecified atom stereocenters. The fourth-order valence-corrected chi connectivity index (χ4v) is 4.68. The average Bonchev–Trinajstić information content (AvgIpc) is 2.72. The Hall–Kier alpha value is -2.38. The van der Waals surface area contributed by atoms with Crippen LogP contribution in [0.25, 0.3) is 0 Å². The van der Waals surface area contributed by atoms with Gasteiger partial charge in [-0.2, -0.15) is 4.31 Å². The van der Waals surface area contributed by atoms with Gasteiger partial charge in [-0.3, -0.25) is 0 Å². The monoisotopic (exact) mass is 403 g/mol. The SMILES string of the molecule is Cc1cccc(OCCOC(=O)c2cccc(S(=O)(=O)N3CCCCC3)c2)c1. The summed E-state index contributed by atoms with van der Waals surface area (Å²) in [6, 6.07) is 13.6. The fourth-order valence-electron chi connectivity index (χ4n) is 3.12. The van der Waals surface area contributed by atoms with E-state index in [1.54, 1.807) is 12.1 Å². The van der Waals surface area contributed by atoms with Gasteiger partial charge < -0.3 is 9.47 Å². The van der Waals surface area contributed by atoms with E-state index in [1.165, 1.54) is 16.4 Å². The molecule has 0 amide bonds. The number of hydrogen-bond acceptors (Lipinski definition) is 5. The highest BCUT2D eigenvalue weighted by atomic mass is 32.2. The summed E-state index contributed by atoms with van der Waals surface area (Å²) in [5.41, 5.74) is 1.30. The zero-order valence-electron chi connectivity index (χ0n) is 16.0. The average molecular weight is 404 g/mol. The second-order valence-electron chi connectivity index (χ2n) is 6.79. The molecule has 1 aliphatic heterocycles. The lowest BCUT2D eigenvalue weighted by molar-refractivity contribution is 0.0450. The summed E-state index contributed by atoms with van der Waals surface area (Å²) >= 11 is 0. The van der Waals surface area contributed by atoms with Gasteiger partial charge >= 0.3 is 5.97 Å². The molecule has 0 aromatic heterocycles. The number of aryl methyl sites for hydroxylation is 1. The van der Waals surface area contributed by atoms with Gasteiger partial charge in [-0.25, -0.2) is 13.2 Å². The van der Waals surface area contributed by atoms with Crippen LogP contribution in [0.15, 0.2) is 53.4 Å². The molecule has 0 saturated carbocycles. The minimum atomic E-state index is -3.58. The highest BCUT2D eigenvalue weighted by Gasteiger charge is 2.26. The minimum absolute atomic E-state index is 0.0792. The van der Waals surface area contributed by atoms with E-state index in [4.69, 9.17) is 9.47 Å². The van der Waals surface area contributed by atoms with Crippen molar-refractivity contribution in [3.63, 3.8) is 0 Å². The lowest BCUT2D eigenvalue weighted by Gasteiger charge is -2.25. The van der Waals surface area contributed by atoms with Crippen LogP contribution in [0.3, 0.4) is 0 Å². The molecule has 7 heteroatoms. The molecule has 1 fully saturated rings. The zero-order chi connectivity index (χ0) is 20.0. The molecule has 0 N–H and O–H groups in total. The Balaban J connectivity index is 1.57. The normalized spacial score (nSPS) is 15.2. The van der Waals surface area contributed by atoms with E-state index >= 15 is 0 Å². The topological polar surface area (TPSA) is 72.9 Å². The maximum Gasteiger partial charge on any atom is 0.338 e. The molecule has 1 heterocycles. The Labute approximate surface area is 166 Å². The quantitative estimate of drug-likeness (QED) is 0.523. The Kier molecular flexibility index (Phi) is 6.70. The largest absolute Gasteiger partial charge is 0.490 e. The summed E-state index contributed by atoms with van der Waals surface area (Å²) < 4.78 is 37.8. The summed E-state index contributed by atoms with van der Waals surface area (Å²) in [6.07, 6.45) is 2.77. The van der Waals surface area contributed by atoms with Crippen LogP contribution >= 0.6 is 0 Å². The van der Waals surface area contributed by atoms with E-state index in [1.807, 2.05) is 31.2 Å². The first-order chi connectivity index (χ1) is 13.5. The lowest BCUT2D eigenvalue weighted by Crippen LogP contribution is -2.35. The number of hydrogen-bond donors (Lipinski definition) is 0. The lowest BCUT2D eigenvalue weighted by atomic mass is 10.2. The summed E-state index contributed by atoms with van der Waals surface area (Å²) in [4.78, 5) is 12.4. The molecule has 28 heavy (non-hydrogen) atoms. The van der Waals surface area contributed by atoms with Gasteiger partial charge in [0.2, 0.25) is 10.0 Å². The van der Waals surface area contributed by atoms with Gasteiger partial charge in [0.15, 0.2) is 0 Å². The number of carbonyl (C=O) groups excluding carboxylic acids is 1. The van der Waals surface area contributed by atoms with Crippen molar-refractivity contribution in [1.82, 2.24) is 4.31 Å². The molecule has 3 rings (SSSR count). The smallest absolute Gasteiger partial charge is 0.338 e. The number of nitrogens with zero attached hydrogens (tertiary/aromatic N) is 1. The second-order valence-corrected chi connectivity index (χ2v) is 8.73. The maximum absolute atomic E-state index is 12.8. The molecule has 150 valence electrons. The molecule has 0 atom stereocenters. The molecule has 2 aromatic carbocycles. The number of benzene rings is 2. The molecule has 0 bridgehead atoms. The summed E-state index contributed by atoms with van der Waals surface area (Å²) in [5, 5.41) is 0. The van der Waals surface area contributed by atoms with Gasteiger partial charge in [0.05, 0.1) is 10.5 Å². The highest BCUT2D eigenvalue weighted by molar-refractivity contribution is 7.89. The minimum Gasteiger partial charge on any atom is -0.490 e. The van der Waals surface area contributed by atoms with E-state index in [0.717, 1.165) is 24.8 Å². The van der Waals surface area contributed by atoms with Crippen molar-refractivity contribution in [2.24, 2.45) is 0 Å². The van der Waals surface area contributed by atoms with Gasteiger partial charge in [0, 0.05) is 13.1 Å². The van der Waals surface area contributed by atoms with E-state index in [0.29, 0.717) is 18.8 Å². The van der Waals surface area contributed by atoms with E-state index < -0.39 is 16.0 Å². The third-order valence-corrected chi connectivity index (χ3v) is 6.49. The van der Waals surface area contributed by atoms with Crippen LogP contribution in [0.1, 0.15) is 35.2 Å². The van der Waals surface area contributed by atoms with E-state index in [-0.39, 0.29) is 23.7 Å². The molecule has 1 saturated heterocycles. The summed E-state index contributed by atoms with van der Waals surface area (Å²) in [5.74, 6) is 0.147. The fraction of sp³-hybridized carbons (Fsp3) is 0.381. The van der Waals surface area contributed by atoms with E-state index in [9.17, 15) is 13.2 Å². The molecule has 0 spiro atoms. The van der Waals surface area contributed by atoms with Crippen LogP contribution in [0.5, 0.6) is 5.75 Å². The number of piperidine rings is 1. The van der Waals surface area contributed by atoms with Crippen molar-refractivity contribution >= 4 is 16.0 Å². The third kappa shape index (κ3) is 5.11. The van der Waals surface area contributed by atoms with Crippen LogP contribution < -0.4 is 4.74 Å². The van der Waals surface area contributed by atoms with Gasteiger partial charge in [0.1, 0.15) is 19.0 Å². The second kappa shape index (κ2) is 9.21.